The zero-order valence-electron chi connectivity index (χ0n) is 11.8. The number of aromatic nitrogens is 4. The summed E-state index contributed by atoms with van der Waals surface area (Å²) in [4.78, 5) is 7.57. The van der Waals surface area contributed by atoms with Crippen molar-refractivity contribution >= 4 is 22.7 Å². The normalized spacial score (nSPS) is 8.00. The van der Waals surface area contributed by atoms with E-state index in [4.69, 9.17) is 0 Å². The van der Waals surface area contributed by atoms with E-state index in [-0.39, 0.29) is 0 Å². The van der Waals surface area contributed by atoms with E-state index in [0.717, 1.165) is 0 Å². The van der Waals surface area contributed by atoms with Gasteiger partial charge in [0.05, 0.1) is 0 Å². The number of pyridine rings is 2. The van der Waals surface area contributed by atoms with Gasteiger partial charge in [-0.2, -0.15) is 11.3 Å². The summed E-state index contributed by atoms with van der Waals surface area (Å²) in [5.41, 5.74) is 3.36. The van der Waals surface area contributed by atoms with Crippen molar-refractivity contribution in [3.8, 4) is 0 Å². The van der Waals surface area contributed by atoms with E-state index in [1.54, 1.807) is 47.1 Å². The van der Waals surface area contributed by atoms with Crippen molar-refractivity contribution in [1.29, 1.82) is 0 Å². The first-order valence-corrected chi connectivity index (χ1v) is 8.24. The molecule has 4 aromatic heterocycles. The van der Waals surface area contributed by atoms with Crippen LogP contribution in [0.1, 0.15) is 0 Å². The summed E-state index contributed by atoms with van der Waals surface area (Å²) in [6.45, 7) is 0. The lowest BCUT2D eigenvalue weighted by molar-refractivity contribution is 1.09. The number of hydrogen-bond donors (Lipinski definition) is 0. The smallest absolute Gasteiger partial charge is 0.103 e. The topological polar surface area (TPSA) is 51.6 Å². The van der Waals surface area contributed by atoms with Gasteiger partial charge in [-0.05, 0) is 35.0 Å². The summed E-state index contributed by atoms with van der Waals surface area (Å²) >= 11 is 3.20. The van der Waals surface area contributed by atoms with E-state index in [2.05, 4.69) is 20.2 Å². The second kappa shape index (κ2) is 15.0. The summed E-state index contributed by atoms with van der Waals surface area (Å²) < 4.78 is 0. The highest BCUT2D eigenvalue weighted by atomic mass is 32.1. The first-order valence-electron chi connectivity index (χ1n) is 6.36. The van der Waals surface area contributed by atoms with Gasteiger partial charge in [0.2, 0.25) is 0 Å². The van der Waals surface area contributed by atoms with Gasteiger partial charge in [-0.3, -0.25) is 9.97 Å². The van der Waals surface area contributed by atoms with Gasteiger partial charge in [0, 0.05) is 24.8 Å². The Morgan fingerprint density at radius 2 is 0.909 bits per heavy atom. The second-order valence-electron chi connectivity index (χ2n) is 3.42. The van der Waals surface area contributed by atoms with Crippen LogP contribution in [-0.2, 0) is 0 Å². The van der Waals surface area contributed by atoms with Crippen LogP contribution in [0.25, 0.3) is 0 Å². The van der Waals surface area contributed by atoms with Gasteiger partial charge >= 0.3 is 0 Å². The van der Waals surface area contributed by atoms with E-state index in [9.17, 15) is 0 Å². The van der Waals surface area contributed by atoms with Gasteiger partial charge in [-0.1, -0.05) is 24.3 Å². The van der Waals surface area contributed by atoms with E-state index in [1.807, 2.05) is 59.3 Å². The third kappa shape index (κ3) is 12.6. The summed E-state index contributed by atoms with van der Waals surface area (Å²) in [5.74, 6) is 0. The molecule has 0 aliphatic rings. The minimum Gasteiger partial charge on any atom is -0.265 e. The minimum absolute atomic E-state index is 1.49. The molecule has 0 aromatic carbocycles. The molecule has 0 aliphatic carbocycles. The molecule has 4 heterocycles. The van der Waals surface area contributed by atoms with Gasteiger partial charge in [0.25, 0.3) is 0 Å². The third-order valence-corrected chi connectivity index (χ3v) is 2.90. The van der Waals surface area contributed by atoms with Crippen molar-refractivity contribution in [2.75, 3.05) is 0 Å². The Balaban J connectivity index is 0.000000147. The number of hydrogen-bond acceptors (Lipinski definition) is 6. The molecule has 4 aromatic rings. The van der Waals surface area contributed by atoms with Gasteiger partial charge < -0.3 is 0 Å². The van der Waals surface area contributed by atoms with Gasteiger partial charge in [-0.15, -0.1) is 21.5 Å². The fourth-order valence-corrected chi connectivity index (χ4v) is 1.71. The van der Waals surface area contributed by atoms with Crippen LogP contribution in [0.3, 0.4) is 0 Å². The fraction of sp³-hybridized carbons (Fsp3) is 0. The fourth-order valence-electron chi connectivity index (χ4n) is 0.988. The lowest BCUT2D eigenvalue weighted by Gasteiger charge is -1.70. The van der Waals surface area contributed by atoms with Gasteiger partial charge in [0.15, 0.2) is 0 Å². The van der Waals surface area contributed by atoms with Crippen LogP contribution < -0.4 is 0 Å². The maximum Gasteiger partial charge on any atom is 0.103 e. The summed E-state index contributed by atoms with van der Waals surface area (Å²) in [6.07, 6.45) is 7.00. The first kappa shape index (κ1) is 17.6. The summed E-state index contributed by atoms with van der Waals surface area (Å²) in [6, 6.07) is 15.5. The molecule has 0 radical (unpaired) electrons. The summed E-state index contributed by atoms with van der Waals surface area (Å²) in [5, 5.41) is 11.1. The van der Waals surface area contributed by atoms with Crippen LogP contribution in [0.15, 0.2) is 95.1 Å². The van der Waals surface area contributed by atoms with Crippen LogP contribution in [0.4, 0.5) is 0 Å². The predicted molar refractivity (Wildman–Crippen MR) is 92.7 cm³/mol. The predicted octanol–water partition coefficient (Wildman–Crippen LogP) is 4.45. The molecule has 0 fully saturated rings. The molecule has 0 unspecified atom stereocenters. The molecule has 0 saturated carbocycles. The highest BCUT2D eigenvalue weighted by molar-refractivity contribution is 7.07. The molecule has 4 nitrogen and oxygen atoms in total. The Morgan fingerprint density at radius 3 is 1.05 bits per heavy atom. The number of nitrogens with zero attached hydrogens (tertiary/aromatic N) is 4. The molecule has 0 amide bonds. The quantitative estimate of drug-likeness (QED) is 0.478. The lowest BCUT2D eigenvalue weighted by atomic mass is 10.5. The molecular formula is C16H16N4S2. The van der Waals surface area contributed by atoms with Gasteiger partial charge in [0.1, 0.15) is 11.0 Å². The van der Waals surface area contributed by atoms with E-state index >= 15 is 0 Å². The lowest BCUT2D eigenvalue weighted by Crippen LogP contribution is -1.58. The third-order valence-electron chi connectivity index (χ3n) is 1.84. The van der Waals surface area contributed by atoms with Crippen molar-refractivity contribution in [3.63, 3.8) is 0 Å². The van der Waals surface area contributed by atoms with Crippen molar-refractivity contribution in [2.45, 2.75) is 0 Å². The largest absolute Gasteiger partial charge is 0.265 e. The zero-order valence-corrected chi connectivity index (χ0v) is 13.5. The SMILES string of the molecule is c1ccncc1.c1ccncc1.c1ccsc1.c1nncs1. The molecule has 0 bridgehead atoms. The average Bonchev–Trinajstić information content (AvgIpc) is 3.37. The Bertz CT molecular complexity index is 454. The average molecular weight is 328 g/mol. The number of thiophene rings is 1. The molecular weight excluding hydrogens is 312 g/mol. The Kier molecular flexibility index (Phi) is 12.0. The maximum atomic E-state index is 3.78. The Labute approximate surface area is 138 Å². The minimum atomic E-state index is 1.49. The van der Waals surface area contributed by atoms with Crippen LogP contribution >= 0.6 is 22.7 Å². The molecule has 0 atom stereocenters. The van der Waals surface area contributed by atoms with Crippen LogP contribution in [-0.4, -0.2) is 20.2 Å². The van der Waals surface area contributed by atoms with Crippen molar-refractivity contribution < 1.29 is 0 Å². The van der Waals surface area contributed by atoms with Crippen LogP contribution in [0.2, 0.25) is 0 Å². The van der Waals surface area contributed by atoms with E-state index in [0.29, 0.717) is 0 Å². The summed E-state index contributed by atoms with van der Waals surface area (Å²) in [7, 11) is 0. The molecule has 0 saturated heterocycles. The second-order valence-corrected chi connectivity index (χ2v) is 4.93. The molecule has 22 heavy (non-hydrogen) atoms. The van der Waals surface area contributed by atoms with Crippen molar-refractivity contribution in [2.24, 2.45) is 0 Å². The monoisotopic (exact) mass is 328 g/mol. The highest BCUT2D eigenvalue weighted by Crippen LogP contribution is 1.91. The molecule has 6 heteroatoms. The van der Waals surface area contributed by atoms with E-state index < -0.39 is 0 Å². The first-order chi connectivity index (χ1) is 11.0. The molecule has 4 rings (SSSR count). The Hall–Kier alpha value is -2.44. The Morgan fingerprint density at radius 1 is 0.455 bits per heavy atom. The maximum absolute atomic E-state index is 3.78. The molecule has 0 aliphatic heterocycles. The van der Waals surface area contributed by atoms with Crippen molar-refractivity contribution in [3.05, 3.63) is 95.1 Å². The standard InChI is InChI=1S/2C5H5N.C4H4S.C2H2N2S/c2*1-2-4-6-5-3-1;1-2-4-5-3-1;1-3-4-2-5-1/h2*1-5H;1-4H;1-2H. The highest BCUT2D eigenvalue weighted by Gasteiger charge is 1.61. The van der Waals surface area contributed by atoms with Crippen LogP contribution in [0.5, 0.6) is 0 Å². The van der Waals surface area contributed by atoms with Gasteiger partial charge in [-0.25, -0.2) is 0 Å². The van der Waals surface area contributed by atoms with Crippen LogP contribution in [0, 0.1) is 0 Å². The zero-order chi connectivity index (χ0) is 15.6. The molecule has 112 valence electrons. The molecule has 0 N–H and O–H groups in total. The van der Waals surface area contributed by atoms with E-state index in [1.165, 1.54) is 11.3 Å². The number of rotatable bonds is 0. The molecule has 0 spiro atoms. The van der Waals surface area contributed by atoms with Crippen molar-refractivity contribution in [1.82, 2.24) is 20.2 Å².